The predicted molar refractivity (Wildman–Crippen MR) is 94.6 cm³/mol. The minimum Gasteiger partial charge on any atom is -0.278 e. The van der Waals surface area contributed by atoms with E-state index >= 15 is 0 Å². The van der Waals surface area contributed by atoms with Crippen molar-refractivity contribution in [3.05, 3.63) is 58.3 Å². The highest BCUT2D eigenvalue weighted by Gasteiger charge is 2.15. The van der Waals surface area contributed by atoms with Crippen LogP contribution in [0.5, 0.6) is 0 Å². The summed E-state index contributed by atoms with van der Waals surface area (Å²) in [5.41, 5.74) is 1.43. The van der Waals surface area contributed by atoms with Gasteiger partial charge in [-0.25, -0.2) is 12.8 Å². The molecule has 2 rings (SSSR count). The van der Waals surface area contributed by atoms with E-state index in [4.69, 9.17) is 0 Å². The average Bonchev–Trinajstić information content (AvgIpc) is 2.51. The van der Waals surface area contributed by atoms with Crippen LogP contribution in [0.3, 0.4) is 0 Å². The molecule has 2 aromatic carbocycles. The van der Waals surface area contributed by atoms with Gasteiger partial charge in [0, 0.05) is 4.47 Å². The molecule has 0 unspecified atom stereocenters. The van der Waals surface area contributed by atoms with Crippen LogP contribution in [-0.4, -0.2) is 8.42 Å². The molecule has 0 atom stereocenters. The Morgan fingerprint density at radius 1 is 1.09 bits per heavy atom. The van der Waals surface area contributed by atoms with Crippen LogP contribution >= 0.6 is 15.9 Å². The van der Waals surface area contributed by atoms with Crippen molar-refractivity contribution < 1.29 is 12.8 Å². The summed E-state index contributed by atoms with van der Waals surface area (Å²) >= 11 is 3.15. The fraction of sp³-hybridized carbons (Fsp3) is 0.294. The van der Waals surface area contributed by atoms with Gasteiger partial charge in [-0.3, -0.25) is 4.72 Å². The highest BCUT2D eigenvalue weighted by molar-refractivity contribution is 9.10. The highest BCUT2D eigenvalue weighted by Crippen LogP contribution is 2.26. The van der Waals surface area contributed by atoms with Crippen LogP contribution in [-0.2, 0) is 16.4 Å². The lowest BCUT2D eigenvalue weighted by atomic mass is 10.1. The molecule has 0 bridgehead atoms. The lowest BCUT2D eigenvalue weighted by Crippen LogP contribution is -2.13. The molecule has 0 fully saturated rings. The maximum Gasteiger partial charge on any atom is 0.261 e. The molecular weight excluding hydrogens is 381 g/mol. The monoisotopic (exact) mass is 399 g/mol. The van der Waals surface area contributed by atoms with E-state index in [0.717, 1.165) is 24.8 Å². The molecule has 0 spiro atoms. The van der Waals surface area contributed by atoms with Crippen molar-refractivity contribution in [2.24, 2.45) is 0 Å². The Balaban J connectivity index is 2.13. The number of benzene rings is 2. The predicted octanol–water partition coefficient (Wildman–Crippen LogP) is 5.12. The number of sulfonamides is 1. The first-order valence-corrected chi connectivity index (χ1v) is 9.77. The normalized spacial score (nSPS) is 11.4. The Bertz CT molecular complexity index is 761. The molecule has 0 amide bonds. The molecule has 0 aromatic heterocycles. The Kier molecular flexibility index (Phi) is 6.18. The summed E-state index contributed by atoms with van der Waals surface area (Å²) in [5, 5.41) is 0. The van der Waals surface area contributed by atoms with Gasteiger partial charge in [-0.2, -0.15) is 0 Å². The summed E-state index contributed by atoms with van der Waals surface area (Å²) in [4.78, 5) is 0.188. The van der Waals surface area contributed by atoms with Gasteiger partial charge in [0.1, 0.15) is 5.82 Å². The number of anilines is 1. The molecule has 0 aliphatic rings. The molecule has 0 aliphatic carbocycles. The fourth-order valence-corrected chi connectivity index (χ4v) is 3.85. The average molecular weight is 400 g/mol. The molecule has 6 heteroatoms. The molecular formula is C17H19BrFNO2S. The van der Waals surface area contributed by atoms with E-state index in [1.807, 2.05) is 12.1 Å². The number of hydrogen-bond acceptors (Lipinski definition) is 2. The fourth-order valence-electron chi connectivity index (χ4n) is 2.19. The summed E-state index contributed by atoms with van der Waals surface area (Å²) < 4.78 is 40.7. The minimum absolute atomic E-state index is 0.188. The smallest absolute Gasteiger partial charge is 0.261 e. The molecule has 3 nitrogen and oxygen atoms in total. The van der Waals surface area contributed by atoms with Crippen molar-refractivity contribution in [1.82, 2.24) is 0 Å². The van der Waals surface area contributed by atoms with Crippen LogP contribution in [0.1, 0.15) is 31.7 Å². The number of halogens is 2. The van der Waals surface area contributed by atoms with Crippen LogP contribution in [0, 0.1) is 5.82 Å². The second-order valence-corrected chi connectivity index (χ2v) is 7.87. The molecule has 2 aromatic rings. The largest absolute Gasteiger partial charge is 0.278 e. The summed E-state index contributed by atoms with van der Waals surface area (Å²) in [6.07, 6.45) is 4.37. The lowest BCUT2D eigenvalue weighted by Gasteiger charge is -2.10. The summed E-state index contributed by atoms with van der Waals surface area (Å²) in [6.45, 7) is 2.15. The van der Waals surface area contributed by atoms with E-state index in [1.54, 1.807) is 12.1 Å². The second-order valence-electron chi connectivity index (χ2n) is 5.33. The van der Waals surface area contributed by atoms with Crippen LogP contribution in [0.25, 0.3) is 0 Å². The third kappa shape index (κ3) is 5.04. The molecule has 0 heterocycles. The molecule has 0 saturated heterocycles. The van der Waals surface area contributed by atoms with Gasteiger partial charge in [-0.05, 0) is 64.7 Å². The summed E-state index contributed by atoms with van der Waals surface area (Å²) in [6, 6.07) is 10.7. The highest BCUT2D eigenvalue weighted by atomic mass is 79.9. The number of unbranched alkanes of at least 4 members (excludes halogenated alkanes) is 2. The topological polar surface area (TPSA) is 46.2 Å². The summed E-state index contributed by atoms with van der Waals surface area (Å²) in [5.74, 6) is -0.434. The number of nitrogens with one attached hydrogen (secondary N) is 1. The van der Waals surface area contributed by atoms with Gasteiger partial charge in [0.05, 0.1) is 10.6 Å². The molecule has 0 radical (unpaired) electrons. The third-order valence-corrected chi connectivity index (χ3v) is 5.52. The van der Waals surface area contributed by atoms with E-state index in [-0.39, 0.29) is 4.90 Å². The summed E-state index contributed by atoms with van der Waals surface area (Å²) in [7, 11) is -3.69. The molecule has 0 aliphatic heterocycles. The maximum atomic E-state index is 13.1. The Hall–Kier alpha value is -1.40. The zero-order valence-electron chi connectivity index (χ0n) is 12.9. The van der Waals surface area contributed by atoms with Crippen LogP contribution in [0.4, 0.5) is 10.1 Å². The molecule has 124 valence electrons. The molecule has 23 heavy (non-hydrogen) atoms. The van der Waals surface area contributed by atoms with Crippen molar-refractivity contribution in [3.63, 3.8) is 0 Å². The van der Waals surface area contributed by atoms with Crippen LogP contribution in [0.2, 0.25) is 0 Å². The van der Waals surface area contributed by atoms with E-state index in [1.165, 1.54) is 24.6 Å². The number of aryl methyl sites for hydroxylation is 1. The maximum absolute atomic E-state index is 13.1. The van der Waals surface area contributed by atoms with Gasteiger partial charge >= 0.3 is 0 Å². The Labute approximate surface area is 145 Å². The Morgan fingerprint density at radius 3 is 2.39 bits per heavy atom. The van der Waals surface area contributed by atoms with E-state index in [2.05, 4.69) is 27.6 Å². The van der Waals surface area contributed by atoms with Gasteiger partial charge in [-0.1, -0.05) is 31.9 Å². The van der Waals surface area contributed by atoms with Crippen molar-refractivity contribution in [2.75, 3.05) is 4.72 Å². The van der Waals surface area contributed by atoms with Crippen molar-refractivity contribution in [2.45, 2.75) is 37.5 Å². The quantitative estimate of drug-likeness (QED) is 0.656. The van der Waals surface area contributed by atoms with Crippen LogP contribution < -0.4 is 4.72 Å². The van der Waals surface area contributed by atoms with Gasteiger partial charge in [0.25, 0.3) is 10.0 Å². The standard InChI is InChI=1S/C17H19BrFNO2S/c1-2-3-4-5-13-6-9-15(10-7-13)23(21,22)20-17-11-8-14(19)12-16(17)18/h6-12,20H,2-5H2,1H3. The van der Waals surface area contributed by atoms with Gasteiger partial charge < -0.3 is 0 Å². The number of rotatable bonds is 7. The van der Waals surface area contributed by atoms with Gasteiger partial charge in [0.2, 0.25) is 0 Å². The van der Waals surface area contributed by atoms with Crippen molar-refractivity contribution >= 4 is 31.6 Å². The Morgan fingerprint density at radius 2 is 1.78 bits per heavy atom. The SMILES string of the molecule is CCCCCc1ccc(S(=O)(=O)Nc2ccc(F)cc2Br)cc1. The first kappa shape index (κ1) is 17.9. The zero-order valence-corrected chi connectivity index (χ0v) is 15.3. The second kappa shape index (κ2) is 7.93. The molecule has 0 saturated carbocycles. The van der Waals surface area contributed by atoms with E-state index in [9.17, 15) is 12.8 Å². The van der Waals surface area contributed by atoms with Crippen molar-refractivity contribution in [1.29, 1.82) is 0 Å². The van der Waals surface area contributed by atoms with E-state index < -0.39 is 15.8 Å². The van der Waals surface area contributed by atoms with E-state index in [0.29, 0.717) is 10.2 Å². The van der Waals surface area contributed by atoms with Gasteiger partial charge in [-0.15, -0.1) is 0 Å². The lowest BCUT2D eigenvalue weighted by molar-refractivity contribution is 0.601. The zero-order chi connectivity index (χ0) is 16.9. The first-order valence-electron chi connectivity index (χ1n) is 7.49. The number of hydrogen-bond donors (Lipinski definition) is 1. The molecule has 1 N–H and O–H groups in total. The van der Waals surface area contributed by atoms with Crippen molar-refractivity contribution in [3.8, 4) is 0 Å². The minimum atomic E-state index is -3.69. The van der Waals surface area contributed by atoms with Crippen LogP contribution in [0.15, 0.2) is 51.8 Å². The first-order chi connectivity index (χ1) is 10.9. The van der Waals surface area contributed by atoms with Gasteiger partial charge in [0.15, 0.2) is 0 Å². The third-order valence-electron chi connectivity index (χ3n) is 3.48.